The average Bonchev–Trinajstić information content (AvgIpc) is 3.55. The number of alkyl carbamates (subject to hydrolysis) is 1. The number of esters is 1. The highest BCUT2D eigenvalue weighted by Crippen LogP contribution is 2.47. The van der Waals surface area contributed by atoms with Crippen LogP contribution in [0, 0.1) is 34.3 Å². The number of carbonyl (C=O) groups is 3. The van der Waals surface area contributed by atoms with Gasteiger partial charge in [0.1, 0.15) is 60.4 Å². The number of halogens is 3. The van der Waals surface area contributed by atoms with Crippen molar-refractivity contribution in [3.8, 4) is 46.4 Å². The Kier molecular flexibility index (Phi) is 15.8. The van der Waals surface area contributed by atoms with Crippen LogP contribution in [0.3, 0.4) is 0 Å². The van der Waals surface area contributed by atoms with E-state index in [1.807, 2.05) is 26.1 Å². The Bertz CT molecular complexity index is 4160. The van der Waals surface area contributed by atoms with Crippen LogP contribution >= 0.6 is 22.9 Å². The van der Waals surface area contributed by atoms with Gasteiger partial charge in [-0.25, -0.2) is 28.3 Å². The first-order valence-electron chi connectivity index (χ1n) is 27.4. The lowest BCUT2D eigenvalue weighted by Gasteiger charge is -2.41. The zero-order chi connectivity index (χ0) is 60.2. The van der Waals surface area contributed by atoms with E-state index in [4.69, 9.17) is 52.0 Å². The lowest BCUT2D eigenvalue weighted by atomic mass is 9.86. The SMILES string of the molecule is C=C(COC(=O)NC(N)=NCCOc1ccc2nc3c(c(CC)c2c1)Cn1c-3cc2c(c1=O)COC(=O)C2(O)CC)C(=O)N1CCN(c2nc(OCC3CCCN3C)nc3c(F)c(-c4ccc(F)c5sc(N)c(C#N)c45)c(Cl)cc23)CC1CC#N. The molecule has 6 N–H and O–H groups in total. The minimum absolute atomic E-state index is 0.0184. The third-order valence-corrected chi connectivity index (χ3v) is 17.5. The molecular weight excluding hydrogens is 1140 g/mol. The maximum atomic E-state index is 17.3. The molecule has 26 heteroatoms. The van der Waals surface area contributed by atoms with Crippen molar-refractivity contribution in [2.45, 2.75) is 76.8 Å². The van der Waals surface area contributed by atoms with Gasteiger partial charge >= 0.3 is 18.1 Å². The summed E-state index contributed by atoms with van der Waals surface area (Å²) in [7, 11) is 1.98. The van der Waals surface area contributed by atoms with Crippen molar-refractivity contribution >= 4 is 89.6 Å². The molecule has 2 amide bonds. The number of cyclic esters (lactones) is 1. The van der Waals surface area contributed by atoms with E-state index in [1.165, 1.54) is 17.0 Å². The first-order chi connectivity index (χ1) is 40.9. The summed E-state index contributed by atoms with van der Waals surface area (Å²) in [5.41, 5.74) is 13.6. The fraction of sp³-hybridized carbons (Fsp3) is 0.356. The molecule has 11 rings (SSSR count). The molecule has 7 aromatic rings. The van der Waals surface area contributed by atoms with Crippen LogP contribution < -0.4 is 36.7 Å². The number of nitrogens with zero attached hydrogens (tertiary/aromatic N) is 10. The van der Waals surface area contributed by atoms with Crippen LogP contribution in [0.15, 0.2) is 64.4 Å². The molecule has 2 fully saturated rings. The van der Waals surface area contributed by atoms with Gasteiger partial charge in [-0.1, -0.05) is 38.1 Å². The number of nitrogens with two attached hydrogens (primary N) is 2. The van der Waals surface area contributed by atoms with E-state index in [0.29, 0.717) is 29.1 Å². The number of hydrogen-bond donors (Lipinski definition) is 4. The number of guanidine groups is 1. The topological polar surface area (TPSA) is 303 Å². The number of fused-ring (bicyclic) bond motifs is 7. The maximum Gasteiger partial charge on any atom is 0.414 e. The summed E-state index contributed by atoms with van der Waals surface area (Å²) in [6.45, 7) is 8.37. The third kappa shape index (κ3) is 10.4. The lowest BCUT2D eigenvalue weighted by Crippen LogP contribution is -2.56. The number of nitrogens with one attached hydrogen (secondary N) is 1. The number of likely N-dealkylation sites (tertiary alicyclic amines) is 1. The Hall–Kier alpha value is -9.01. The summed E-state index contributed by atoms with van der Waals surface area (Å²) in [6, 6.07) is 14.3. The van der Waals surface area contributed by atoms with Gasteiger partial charge in [-0.15, -0.1) is 11.3 Å². The van der Waals surface area contributed by atoms with Gasteiger partial charge in [0.2, 0.25) is 0 Å². The van der Waals surface area contributed by atoms with Gasteiger partial charge in [-0.3, -0.25) is 14.9 Å². The normalized spacial score (nSPS) is 18.4. The number of nitriles is 2. The highest BCUT2D eigenvalue weighted by molar-refractivity contribution is 7.23. The first-order valence-corrected chi connectivity index (χ1v) is 28.6. The number of aryl methyl sites for hydroxylation is 1. The Morgan fingerprint density at radius 2 is 1.87 bits per heavy atom. The molecule has 0 spiro atoms. The van der Waals surface area contributed by atoms with E-state index in [-0.39, 0.29) is 159 Å². The van der Waals surface area contributed by atoms with Crippen molar-refractivity contribution in [2.24, 2.45) is 10.7 Å². The molecular formula is C59H56ClF2N13O9S. The smallest absolute Gasteiger partial charge is 0.414 e. The molecule has 8 heterocycles. The molecule has 0 radical (unpaired) electrons. The second-order valence-corrected chi connectivity index (χ2v) is 22.5. The fourth-order valence-electron chi connectivity index (χ4n) is 11.7. The number of nitrogen functional groups attached to an aromatic ring is 1. The molecule has 3 unspecified atom stereocenters. The number of amides is 2. The van der Waals surface area contributed by atoms with E-state index in [0.717, 1.165) is 53.3 Å². The Balaban J connectivity index is 0.731. The number of hydrogen-bond acceptors (Lipinski definition) is 19. The molecule has 2 saturated heterocycles. The highest BCUT2D eigenvalue weighted by Gasteiger charge is 2.46. The third-order valence-electron chi connectivity index (χ3n) is 16.2. The molecule has 0 bridgehead atoms. The van der Waals surface area contributed by atoms with Crippen molar-refractivity contribution in [3.63, 3.8) is 0 Å². The molecule has 4 aromatic heterocycles. The predicted octanol–water partition coefficient (Wildman–Crippen LogP) is 6.93. The van der Waals surface area contributed by atoms with Crippen molar-refractivity contribution in [2.75, 3.05) is 70.2 Å². The molecule has 85 heavy (non-hydrogen) atoms. The number of piperazine rings is 1. The molecule has 438 valence electrons. The zero-order valence-corrected chi connectivity index (χ0v) is 48.0. The summed E-state index contributed by atoms with van der Waals surface area (Å²) in [5.74, 6) is -2.47. The molecule has 4 aliphatic heterocycles. The molecule has 0 saturated carbocycles. The predicted molar refractivity (Wildman–Crippen MR) is 313 cm³/mol. The van der Waals surface area contributed by atoms with Gasteiger partial charge in [-0.2, -0.15) is 20.5 Å². The second-order valence-electron chi connectivity index (χ2n) is 21.0. The number of ether oxygens (including phenoxy) is 4. The summed E-state index contributed by atoms with van der Waals surface area (Å²) in [4.78, 5) is 77.1. The number of anilines is 2. The van der Waals surface area contributed by atoms with Gasteiger partial charge in [0.15, 0.2) is 17.4 Å². The van der Waals surface area contributed by atoms with Crippen LogP contribution in [0.5, 0.6) is 11.8 Å². The quantitative estimate of drug-likeness (QED) is 0.0266. The lowest BCUT2D eigenvalue weighted by molar-refractivity contribution is -0.172. The Morgan fingerprint density at radius 1 is 1.06 bits per heavy atom. The van der Waals surface area contributed by atoms with E-state index in [2.05, 4.69) is 32.8 Å². The zero-order valence-electron chi connectivity index (χ0n) is 46.4. The minimum atomic E-state index is -1.94. The van der Waals surface area contributed by atoms with Crippen LogP contribution in [0.1, 0.15) is 67.3 Å². The Morgan fingerprint density at radius 3 is 2.61 bits per heavy atom. The minimum Gasteiger partial charge on any atom is -0.492 e. The monoisotopic (exact) mass is 1200 g/mol. The van der Waals surface area contributed by atoms with Gasteiger partial charge in [0.05, 0.1) is 69.4 Å². The van der Waals surface area contributed by atoms with E-state index < -0.39 is 47.9 Å². The van der Waals surface area contributed by atoms with Crippen LogP contribution in [-0.4, -0.2) is 130 Å². The molecule has 22 nitrogen and oxygen atoms in total. The summed E-state index contributed by atoms with van der Waals surface area (Å²) in [6.07, 6.45) is 1.32. The number of aromatic nitrogens is 4. The molecule has 3 aromatic carbocycles. The maximum absolute atomic E-state index is 17.3. The van der Waals surface area contributed by atoms with Gasteiger partial charge < -0.3 is 54.8 Å². The van der Waals surface area contributed by atoms with Gasteiger partial charge in [0.25, 0.3) is 11.5 Å². The number of aliphatic hydroxyl groups is 1. The summed E-state index contributed by atoms with van der Waals surface area (Å²) in [5, 5.41) is 34.7. The number of aliphatic imine (C=N–C) groups is 1. The van der Waals surface area contributed by atoms with Crippen LogP contribution in [0.4, 0.5) is 24.4 Å². The van der Waals surface area contributed by atoms with E-state index >= 15 is 8.78 Å². The number of rotatable bonds is 15. The highest BCUT2D eigenvalue weighted by atomic mass is 35.5. The summed E-state index contributed by atoms with van der Waals surface area (Å²) < 4.78 is 56.8. The van der Waals surface area contributed by atoms with Crippen LogP contribution in [0.2, 0.25) is 5.02 Å². The van der Waals surface area contributed by atoms with Crippen molar-refractivity contribution in [1.82, 2.24) is 34.6 Å². The largest absolute Gasteiger partial charge is 0.492 e. The second kappa shape index (κ2) is 23.2. The fourth-order valence-corrected chi connectivity index (χ4v) is 13.0. The van der Waals surface area contributed by atoms with Crippen molar-refractivity contribution < 1.29 is 47.2 Å². The van der Waals surface area contributed by atoms with E-state index in [1.54, 1.807) is 34.6 Å². The first kappa shape index (κ1) is 57.8. The number of thiophene rings is 1. The molecule has 4 aliphatic rings. The van der Waals surface area contributed by atoms with Gasteiger partial charge in [0, 0.05) is 64.1 Å². The number of carbonyl (C=O) groups excluding carboxylic acids is 3. The summed E-state index contributed by atoms with van der Waals surface area (Å²) >= 11 is 7.80. The molecule has 3 atom stereocenters. The number of likely N-dealkylation sites (N-methyl/N-ethyl adjacent to an activating group) is 1. The van der Waals surface area contributed by atoms with Gasteiger partial charge in [-0.05, 0) is 86.8 Å². The van der Waals surface area contributed by atoms with Crippen LogP contribution in [0.25, 0.3) is 54.4 Å². The molecule has 0 aliphatic carbocycles. The average molecular weight is 1200 g/mol. The van der Waals surface area contributed by atoms with Crippen LogP contribution in [-0.2, 0) is 44.2 Å². The number of pyridine rings is 2. The number of benzene rings is 3. The van der Waals surface area contributed by atoms with E-state index in [9.17, 15) is 34.8 Å². The Labute approximate surface area is 493 Å². The van der Waals surface area contributed by atoms with Crippen molar-refractivity contribution in [3.05, 3.63) is 109 Å². The van der Waals surface area contributed by atoms with Crippen molar-refractivity contribution in [1.29, 1.82) is 10.5 Å². The standard InChI is InChI=1S/C59H56ClF2N13O9S/c1-5-33-35-20-32(9-12-43(35)68-48-38(33)25-75-44(48)22-40-39(54(75)77)28-82-55(78)59(40,80)6-2)81-19-15-67-56(66)71-58(79)84-26-29(3)53(76)74-18-17-73(24-30(74)13-14-63)52-36-21-41(60)46(34-10-11-42(61)50-45(34)37(23-64)51(65)85-50)47(62)49(36)69-57(70-52)83-27-31-8-7-16-72(31)4/h9-12,20-22,30-31,80H,3,5-8,13,15-19,24-28,65H2,1-2,4H3,(H3,66,67,71,79).